The molecule has 0 fully saturated rings. The predicted molar refractivity (Wildman–Crippen MR) is 81.1 cm³/mol. The van der Waals surface area contributed by atoms with Gasteiger partial charge < -0.3 is 0 Å². The fraction of sp³-hybridized carbons (Fsp3) is 0.333. The summed E-state index contributed by atoms with van der Waals surface area (Å²) in [6.07, 6.45) is -2.55. The summed E-state index contributed by atoms with van der Waals surface area (Å²) in [5, 5.41) is 3.45. The second-order valence-corrected chi connectivity index (χ2v) is 8.03. The zero-order valence-corrected chi connectivity index (χ0v) is 14.3. The van der Waals surface area contributed by atoms with Crippen molar-refractivity contribution in [1.82, 2.24) is 14.8 Å². The van der Waals surface area contributed by atoms with E-state index in [1.54, 1.807) is 6.07 Å². The molecule has 1 aromatic heterocycles. The summed E-state index contributed by atoms with van der Waals surface area (Å²) in [6, 6.07) is 5.56. The van der Waals surface area contributed by atoms with E-state index in [4.69, 9.17) is 8.42 Å². The lowest BCUT2D eigenvalue weighted by Crippen LogP contribution is -2.09. The van der Waals surface area contributed by atoms with E-state index < -0.39 is 20.3 Å². The molecule has 11 heteroatoms. The third kappa shape index (κ3) is 6.76. The molecule has 1 heterocycles. The van der Waals surface area contributed by atoms with Gasteiger partial charge in [0.15, 0.2) is 0 Å². The highest BCUT2D eigenvalue weighted by molar-refractivity contribution is 8.31. The van der Waals surface area contributed by atoms with E-state index in [-0.39, 0.29) is 0 Å². The van der Waals surface area contributed by atoms with Crippen LogP contribution in [0.3, 0.4) is 0 Å². The molecule has 0 N–H and O–H groups in total. The minimum absolute atomic E-state index is 0.607. The van der Waals surface area contributed by atoms with Crippen molar-refractivity contribution >= 4 is 29.6 Å². The van der Waals surface area contributed by atoms with E-state index in [1.165, 1.54) is 0 Å². The summed E-state index contributed by atoms with van der Waals surface area (Å²) in [5.41, 5.74) is 2.61. The van der Waals surface area contributed by atoms with Crippen LogP contribution < -0.4 is 0 Å². The first-order chi connectivity index (χ1) is 10.4. The molecule has 5 nitrogen and oxygen atoms in total. The van der Waals surface area contributed by atoms with Crippen LogP contribution in [0, 0.1) is 6.92 Å². The SMILES string of the molecule is CCc1ccc(-n2cnc(C(F)(F)F)n2)c(C)c1.O=S(=O)(Cl)Cl. The smallest absolute Gasteiger partial charge is 0.220 e. The molecular formula is C12H12Cl2F3N3O2S. The second kappa shape index (κ2) is 7.50. The normalized spacial score (nSPS) is 11.8. The molecule has 0 amide bonds. The van der Waals surface area contributed by atoms with Crippen LogP contribution in [0.25, 0.3) is 5.69 Å². The number of halogens is 5. The highest BCUT2D eigenvalue weighted by Crippen LogP contribution is 2.26. The summed E-state index contributed by atoms with van der Waals surface area (Å²) < 4.78 is 56.7. The molecule has 0 aliphatic rings. The van der Waals surface area contributed by atoms with Crippen molar-refractivity contribution in [2.75, 3.05) is 0 Å². The standard InChI is InChI=1S/C12H12F3N3.Cl2O2S/c1-3-9-4-5-10(8(2)6-9)18-7-16-11(17-18)12(13,14)15;1-5(2,3)4/h4-7H,3H2,1-2H3;. The number of hydrogen-bond acceptors (Lipinski definition) is 4. The lowest BCUT2D eigenvalue weighted by molar-refractivity contribution is -0.144. The number of aromatic nitrogens is 3. The number of nitrogens with zero attached hydrogens (tertiary/aromatic N) is 3. The average molecular weight is 390 g/mol. The zero-order chi connectivity index (χ0) is 17.8. The Bertz CT molecular complexity index is 768. The topological polar surface area (TPSA) is 64.8 Å². The van der Waals surface area contributed by atoms with Crippen molar-refractivity contribution in [3.05, 3.63) is 41.5 Å². The van der Waals surface area contributed by atoms with Gasteiger partial charge in [-0.25, -0.2) is 9.67 Å². The molecule has 23 heavy (non-hydrogen) atoms. The molecule has 0 unspecified atom stereocenters. The van der Waals surface area contributed by atoms with Gasteiger partial charge in [-0.05, 0) is 30.5 Å². The van der Waals surface area contributed by atoms with Gasteiger partial charge >= 0.3 is 14.4 Å². The van der Waals surface area contributed by atoms with Gasteiger partial charge in [0.05, 0.1) is 5.69 Å². The molecular weight excluding hydrogens is 378 g/mol. The molecule has 0 saturated heterocycles. The van der Waals surface area contributed by atoms with E-state index >= 15 is 0 Å². The zero-order valence-electron chi connectivity index (χ0n) is 12.0. The van der Waals surface area contributed by atoms with Crippen molar-refractivity contribution in [2.45, 2.75) is 26.4 Å². The molecule has 0 radical (unpaired) electrons. The Labute approximate surface area is 140 Å². The van der Waals surface area contributed by atoms with Crippen LogP contribution in [0.2, 0.25) is 0 Å². The number of aryl methyl sites for hydroxylation is 2. The highest BCUT2D eigenvalue weighted by Gasteiger charge is 2.35. The van der Waals surface area contributed by atoms with Gasteiger partial charge in [-0.2, -0.15) is 21.6 Å². The largest absolute Gasteiger partial charge is 0.453 e. The van der Waals surface area contributed by atoms with Gasteiger partial charge in [0.1, 0.15) is 6.33 Å². The lowest BCUT2D eigenvalue weighted by Gasteiger charge is -2.07. The Kier molecular flexibility index (Phi) is 6.43. The summed E-state index contributed by atoms with van der Waals surface area (Å²) in [5.74, 6) is -1.12. The number of alkyl halides is 3. The first kappa shape index (κ1) is 19.7. The van der Waals surface area contributed by atoms with E-state index in [1.807, 2.05) is 26.0 Å². The number of hydrogen-bond donors (Lipinski definition) is 0. The van der Waals surface area contributed by atoms with Crippen LogP contribution in [0.4, 0.5) is 13.2 Å². The summed E-state index contributed by atoms with van der Waals surface area (Å²) in [7, 11) is 4.81. The third-order valence-corrected chi connectivity index (χ3v) is 2.66. The molecule has 2 rings (SSSR count). The van der Waals surface area contributed by atoms with E-state index in [0.717, 1.165) is 28.6 Å². The fourth-order valence-corrected chi connectivity index (χ4v) is 1.70. The van der Waals surface area contributed by atoms with Crippen LogP contribution in [-0.2, 0) is 20.9 Å². The predicted octanol–water partition coefficient (Wildman–Crippen LogP) is 3.87. The van der Waals surface area contributed by atoms with Gasteiger partial charge in [0, 0.05) is 21.4 Å². The van der Waals surface area contributed by atoms with Gasteiger partial charge in [0.2, 0.25) is 0 Å². The summed E-state index contributed by atoms with van der Waals surface area (Å²) >= 11 is 0. The molecule has 0 aliphatic carbocycles. The van der Waals surface area contributed by atoms with Crippen LogP contribution >= 0.6 is 21.4 Å². The van der Waals surface area contributed by atoms with Crippen molar-refractivity contribution in [2.24, 2.45) is 0 Å². The molecule has 0 saturated carbocycles. The van der Waals surface area contributed by atoms with Crippen LogP contribution in [0.15, 0.2) is 24.5 Å². The fourth-order valence-electron chi connectivity index (χ4n) is 1.70. The Balaban J connectivity index is 0.000000463. The molecule has 0 spiro atoms. The van der Waals surface area contributed by atoms with Crippen LogP contribution in [0.5, 0.6) is 0 Å². The average Bonchev–Trinajstić information content (AvgIpc) is 2.85. The first-order valence-electron chi connectivity index (χ1n) is 6.14. The Morgan fingerprint density at radius 3 is 2.22 bits per heavy atom. The van der Waals surface area contributed by atoms with Crippen molar-refractivity contribution in [1.29, 1.82) is 0 Å². The number of rotatable bonds is 2. The van der Waals surface area contributed by atoms with Crippen molar-refractivity contribution in [3.63, 3.8) is 0 Å². The minimum Gasteiger partial charge on any atom is -0.220 e. The van der Waals surface area contributed by atoms with E-state index in [9.17, 15) is 13.2 Å². The minimum atomic E-state index is -4.51. The van der Waals surface area contributed by atoms with Gasteiger partial charge in [0.25, 0.3) is 5.82 Å². The van der Waals surface area contributed by atoms with Gasteiger partial charge in [-0.3, -0.25) is 0 Å². The quantitative estimate of drug-likeness (QED) is 0.731. The molecule has 0 aliphatic heterocycles. The van der Waals surface area contributed by atoms with Crippen molar-refractivity contribution < 1.29 is 21.6 Å². The molecule has 0 atom stereocenters. The van der Waals surface area contributed by atoms with Gasteiger partial charge in [-0.1, -0.05) is 19.1 Å². The van der Waals surface area contributed by atoms with Crippen molar-refractivity contribution in [3.8, 4) is 5.69 Å². The maximum atomic E-state index is 12.4. The van der Waals surface area contributed by atoms with Crippen LogP contribution in [0.1, 0.15) is 23.9 Å². The third-order valence-electron chi connectivity index (χ3n) is 2.66. The van der Waals surface area contributed by atoms with E-state index in [0.29, 0.717) is 5.69 Å². The molecule has 2 aromatic rings. The highest BCUT2D eigenvalue weighted by atomic mass is 36.0. The van der Waals surface area contributed by atoms with E-state index in [2.05, 4.69) is 31.4 Å². The van der Waals surface area contributed by atoms with Gasteiger partial charge in [-0.15, -0.1) is 5.10 Å². The Hall–Kier alpha value is -1.32. The monoisotopic (exact) mass is 389 g/mol. The summed E-state index contributed by atoms with van der Waals surface area (Å²) in [6.45, 7) is 3.86. The first-order valence-corrected chi connectivity index (χ1v) is 9.28. The van der Waals surface area contributed by atoms with Crippen LogP contribution in [-0.4, -0.2) is 23.2 Å². The number of benzene rings is 1. The molecule has 0 bridgehead atoms. The lowest BCUT2D eigenvalue weighted by atomic mass is 10.1. The molecule has 1 aromatic carbocycles. The molecule has 128 valence electrons. The Morgan fingerprint density at radius 1 is 1.26 bits per heavy atom. The second-order valence-electron chi connectivity index (χ2n) is 4.36. The maximum absolute atomic E-state index is 12.4. The Morgan fingerprint density at radius 2 is 1.83 bits per heavy atom. The summed E-state index contributed by atoms with van der Waals surface area (Å²) in [4.78, 5) is 3.27. The maximum Gasteiger partial charge on any atom is 0.453 e.